The first-order valence-electron chi connectivity index (χ1n) is 6.96. The van der Waals surface area contributed by atoms with Gasteiger partial charge in [0.2, 0.25) is 0 Å². The average molecular weight is 337 g/mol. The molecule has 1 heterocycles. The van der Waals surface area contributed by atoms with Gasteiger partial charge in [0, 0.05) is 17.0 Å². The fourth-order valence-corrected chi connectivity index (χ4v) is 2.28. The highest BCUT2D eigenvalue weighted by Gasteiger charge is 2.30. The highest BCUT2D eigenvalue weighted by Crippen LogP contribution is 2.31. The number of rotatable bonds is 2. The second-order valence-electron chi connectivity index (χ2n) is 5.13. The maximum atomic E-state index is 12.8. The highest BCUT2D eigenvalue weighted by molar-refractivity contribution is 6.07. The molecule has 0 amide bonds. The van der Waals surface area contributed by atoms with E-state index in [4.69, 9.17) is 5.11 Å². The lowest BCUT2D eigenvalue weighted by atomic mass is 10.1. The van der Waals surface area contributed by atoms with E-state index in [-0.39, 0.29) is 27.4 Å². The van der Waals surface area contributed by atoms with Crippen LogP contribution in [0.25, 0.3) is 22.9 Å². The van der Waals surface area contributed by atoms with Crippen LogP contribution in [0, 0.1) is 0 Å². The Kier molecular flexibility index (Phi) is 4.64. The van der Waals surface area contributed by atoms with E-state index in [1.54, 1.807) is 6.92 Å². The molecule has 0 aliphatic rings. The van der Waals surface area contributed by atoms with E-state index >= 15 is 0 Å². The molecule has 0 fully saturated rings. The van der Waals surface area contributed by atoms with E-state index in [0.29, 0.717) is 0 Å². The van der Waals surface area contributed by atoms with Crippen molar-refractivity contribution >= 4 is 17.6 Å². The number of alkyl halides is 3. The van der Waals surface area contributed by atoms with Crippen molar-refractivity contribution in [2.75, 3.05) is 0 Å². The Morgan fingerprint density at radius 3 is 2.46 bits per heavy atom. The number of pyridine rings is 1. The maximum Gasteiger partial charge on any atom is 0.416 e. The van der Waals surface area contributed by atoms with Crippen LogP contribution in [0.5, 0.6) is 0 Å². The molecule has 24 heavy (non-hydrogen) atoms. The number of hydrogen-bond acceptors (Lipinski definition) is 2. The number of carboxylic acid groups (broad SMARTS) is 1. The van der Waals surface area contributed by atoms with Crippen molar-refractivity contribution in [1.82, 2.24) is 4.98 Å². The summed E-state index contributed by atoms with van der Waals surface area (Å²) in [6, 6.07) is 5.62. The number of hydrogen-bond donors (Lipinski definition) is 2. The van der Waals surface area contributed by atoms with Gasteiger partial charge in [-0.1, -0.05) is 18.2 Å². The molecule has 7 heteroatoms. The van der Waals surface area contributed by atoms with Gasteiger partial charge in [-0.3, -0.25) is 4.79 Å². The number of nitrogens with one attached hydrogen (secondary N) is 1. The molecule has 0 aliphatic carbocycles. The van der Waals surface area contributed by atoms with Crippen molar-refractivity contribution in [2.24, 2.45) is 0 Å². The molecule has 126 valence electrons. The highest BCUT2D eigenvalue weighted by atomic mass is 19.4. The van der Waals surface area contributed by atoms with Crippen molar-refractivity contribution < 1.29 is 23.1 Å². The summed E-state index contributed by atoms with van der Waals surface area (Å²) >= 11 is 0. The minimum atomic E-state index is -4.51. The Balaban J connectivity index is 2.83. The summed E-state index contributed by atoms with van der Waals surface area (Å²) in [6.07, 6.45) is -3.06. The van der Waals surface area contributed by atoms with Crippen LogP contribution in [0.1, 0.15) is 19.4 Å². The monoisotopic (exact) mass is 337 g/mol. The molecule has 0 saturated carbocycles. The Labute approximate surface area is 134 Å². The number of aromatic amines is 1. The normalized spacial score (nSPS) is 13.8. The predicted octanol–water partition coefficient (Wildman–Crippen LogP) is 2.12. The third-order valence-electron chi connectivity index (χ3n) is 3.56. The molecule has 2 aromatic rings. The van der Waals surface area contributed by atoms with Crippen LogP contribution in [0.3, 0.4) is 0 Å². The standard InChI is InChI=1S/C17H14F3NO3/c1-3-12-14(22)8-13(21-15(12)9(2)16(23)24)10-5-4-6-11(7-10)17(18,19)20/h3-8,21H,1-2H3,(H,23,24)/b12-3-,15-9-. The zero-order valence-electron chi connectivity index (χ0n) is 12.9. The lowest BCUT2D eigenvalue weighted by Gasteiger charge is -2.09. The molecule has 0 bridgehead atoms. The molecule has 2 rings (SSSR count). The quantitative estimate of drug-likeness (QED) is 0.882. The summed E-state index contributed by atoms with van der Waals surface area (Å²) < 4.78 is 38.5. The lowest BCUT2D eigenvalue weighted by Crippen LogP contribution is -2.42. The average Bonchev–Trinajstić information content (AvgIpc) is 2.52. The molecule has 0 saturated heterocycles. The van der Waals surface area contributed by atoms with Crippen LogP contribution in [-0.4, -0.2) is 16.1 Å². The predicted molar refractivity (Wildman–Crippen MR) is 83.6 cm³/mol. The topological polar surface area (TPSA) is 70.2 Å². The van der Waals surface area contributed by atoms with Crippen LogP contribution in [0.2, 0.25) is 0 Å². The number of aromatic nitrogens is 1. The summed E-state index contributed by atoms with van der Waals surface area (Å²) in [7, 11) is 0. The van der Waals surface area contributed by atoms with Crippen LogP contribution in [0.4, 0.5) is 13.2 Å². The third-order valence-corrected chi connectivity index (χ3v) is 3.56. The molecule has 1 aromatic carbocycles. The van der Waals surface area contributed by atoms with Gasteiger partial charge in [-0.15, -0.1) is 0 Å². The lowest BCUT2D eigenvalue weighted by molar-refractivity contribution is -0.137. The van der Waals surface area contributed by atoms with Gasteiger partial charge in [-0.2, -0.15) is 13.2 Å². The molecule has 2 N–H and O–H groups in total. The van der Waals surface area contributed by atoms with Crippen molar-refractivity contribution in [1.29, 1.82) is 0 Å². The molecule has 0 aliphatic heterocycles. The minimum Gasteiger partial charge on any atom is -0.478 e. The number of aliphatic carboxylic acids is 1. The second-order valence-corrected chi connectivity index (χ2v) is 5.13. The fourth-order valence-electron chi connectivity index (χ4n) is 2.28. The number of carbonyl (C=O) groups is 1. The van der Waals surface area contributed by atoms with Gasteiger partial charge in [0.05, 0.1) is 16.5 Å². The third kappa shape index (κ3) is 3.40. The summed E-state index contributed by atoms with van der Waals surface area (Å²) in [4.78, 5) is 26.1. The molecule has 0 unspecified atom stereocenters. The van der Waals surface area contributed by atoms with Crippen molar-refractivity contribution in [2.45, 2.75) is 20.0 Å². The number of halogens is 3. The van der Waals surface area contributed by atoms with E-state index in [1.165, 1.54) is 25.1 Å². The van der Waals surface area contributed by atoms with Crippen LogP contribution in [-0.2, 0) is 11.0 Å². The van der Waals surface area contributed by atoms with E-state index in [1.807, 2.05) is 0 Å². The molecule has 0 radical (unpaired) electrons. The first kappa shape index (κ1) is 17.5. The SMILES string of the molecule is C/C=c1/c(=O)cc(-c2cccc(C(F)(F)F)c2)[nH]/c1=C(/C)C(=O)O. The van der Waals surface area contributed by atoms with Gasteiger partial charge in [0.15, 0.2) is 5.43 Å². The Morgan fingerprint density at radius 1 is 1.25 bits per heavy atom. The summed E-state index contributed by atoms with van der Waals surface area (Å²) in [5, 5.41) is 9.37. The molecule has 4 nitrogen and oxygen atoms in total. The summed E-state index contributed by atoms with van der Waals surface area (Å²) in [5.41, 5.74) is -1.17. The largest absolute Gasteiger partial charge is 0.478 e. The van der Waals surface area contributed by atoms with Crippen molar-refractivity contribution in [3.05, 3.63) is 56.7 Å². The van der Waals surface area contributed by atoms with Gasteiger partial charge < -0.3 is 10.1 Å². The molecular weight excluding hydrogens is 323 g/mol. The first-order valence-corrected chi connectivity index (χ1v) is 6.96. The summed E-state index contributed by atoms with van der Waals surface area (Å²) in [6.45, 7) is 2.89. The van der Waals surface area contributed by atoms with E-state index in [2.05, 4.69) is 4.98 Å². The molecular formula is C17H14F3NO3. The van der Waals surface area contributed by atoms with E-state index in [9.17, 15) is 22.8 Å². The van der Waals surface area contributed by atoms with Crippen molar-refractivity contribution in [3.63, 3.8) is 0 Å². The van der Waals surface area contributed by atoms with Crippen LogP contribution in [0.15, 0.2) is 35.1 Å². The van der Waals surface area contributed by atoms with Gasteiger partial charge in [0.1, 0.15) is 0 Å². The number of carboxylic acids is 1. The Bertz CT molecular complexity index is 972. The van der Waals surface area contributed by atoms with Gasteiger partial charge in [-0.25, -0.2) is 4.79 Å². The Morgan fingerprint density at radius 2 is 1.92 bits per heavy atom. The summed E-state index contributed by atoms with van der Waals surface area (Å²) in [5.74, 6) is -1.23. The Hall–Kier alpha value is -2.83. The first-order chi connectivity index (χ1) is 11.1. The maximum absolute atomic E-state index is 12.8. The number of benzene rings is 1. The molecule has 1 aromatic heterocycles. The number of H-pyrrole nitrogens is 1. The van der Waals surface area contributed by atoms with Gasteiger partial charge >= 0.3 is 12.1 Å². The van der Waals surface area contributed by atoms with E-state index in [0.717, 1.165) is 18.2 Å². The molecule has 0 atom stereocenters. The second kappa shape index (κ2) is 6.35. The van der Waals surface area contributed by atoms with E-state index < -0.39 is 23.1 Å². The fraction of sp³-hybridized carbons (Fsp3) is 0.176. The van der Waals surface area contributed by atoms with Crippen molar-refractivity contribution in [3.8, 4) is 11.3 Å². The smallest absolute Gasteiger partial charge is 0.416 e. The van der Waals surface area contributed by atoms with Crippen LogP contribution >= 0.6 is 0 Å². The molecule has 0 spiro atoms. The van der Waals surface area contributed by atoms with Gasteiger partial charge in [-0.05, 0) is 31.5 Å². The van der Waals surface area contributed by atoms with Crippen LogP contribution < -0.4 is 16.0 Å². The zero-order chi connectivity index (χ0) is 18.1. The van der Waals surface area contributed by atoms with Gasteiger partial charge in [0.25, 0.3) is 0 Å². The minimum absolute atomic E-state index is 0.0740. The zero-order valence-corrected chi connectivity index (χ0v) is 12.9.